The number of hydrogen-bond acceptors (Lipinski definition) is 5. The number of pyridine rings is 1. The number of nitrogens with zero attached hydrogens (tertiary/aromatic N) is 4. The Morgan fingerprint density at radius 3 is 2.51 bits per heavy atom. The van der Waals surface area contributed by atoms with Gasteiger partial charge in [0, 0.05) is 73.0 Å². The van der Waals surface area contributed by atoms with Crippen molar-refractivity contribution in [2.45, 2.75) is 24.8 Å². The molecule has 6 rings (SSSR count). The van der Waals surface area contributed by atoms with E-state index in [9.17, 15) is 18.8 Å². The van der Waals surface area contributed by atoms with E-state index in [2.05, 4.69) is 4.57 Å². The summed E-state index contributed by atoms with van der Waals surface area (Å²) in [5.74, 6) is -0.193. The lowest BCUT2D eigenvalue weighted by Gasteiger charge is -2.12. The van der Waals surface area contributed by atoms with Crippen molar-refractivity contribution in [1.29, 1.82) is 0 Å². The van der Waals surface area contributed by atoms with Gasteiger partial charge in [-0.15, -0.1) is 11.8 Å². The molecule has 0 fully saturated rings. The first-order valence-corrected chi connectivity index (χ1v) is 14.4. The minimum Gasteiger partial charge on any atom is -1.00 e. The number of hydrogen-bond donors (Lipinski definition) is 0. The van der Waals surface area contributed by atoms with E-state index in [1.165, 1.54) is 28.5 Å². The number of halogens is 2. The molecular formula is C32H28ClFN4O4S. The number of ether oxygens (including phenoxy) is 1. The molecule has 3 aromatic heterocycles. The monoisotopic (exact) mass is 618 g/mol. The van der Waals surface area contributed by atoms with Gasteiger partial charge in [-0.05, 0) is 41.5 Å². The van der Waals surface area contributed by atoms with Gasteiger partial charge in [0.2, 0.25) is 0 Å². The second-order valence-electron chi connectivity index (χ2n) is 10.3. The minimum absolute atomic E-state index is 0. The molecule has 0 aliphatic carbocycles. The standard InChI is InChI=1S/C32H28FN4O4S.ClH/c1-20(38)41-19-35-13-4-5-23(16-35)31-36-14-12-26(29(36)18-42-31)30(39)27-17-37(32(40)34(2)3)28-15-22(8-11-25(27)28)21-6-9-24(33)10-7-21;/h4-17,31H,18-19H2,1-3H3;1H/q+1;/p-1/t31-;/m1./s1. The highest BCUT2D eigenvalue weighted by atomic mass is 35.5. The van der Waals surface area contributed by atoms with Crippen LogP contribution in [0.25, 0.3) is 22.0 Å². The highest BCUT2D eigenvalue weighted by molar-refractivity contribution is 7.99. The predicted octanol–water partition coefficient (Wildman–Crippen LogP) is 2.62. The molecule has 1 aliphatic rings. The average Bonchev–Trinajstić information content (AvgIpc) is 3.69. The number of esters is 1. The Morgan fingerprint density at radius 2 is 1.79 bits per heavy atom. The van der Waals surface area contributed by atoms with Crippen LogP contribution in [0.4, 0.5) is 9.18 Å². The van der Waals surface area contributed by atoms with Crippen molar-refractivity contribution in [3.63, 3.8) is 0 Å². The average molecular weight is 619 g/mol. The summed E-state index contributed by atoms with van der Waals surface area (Å²) in [4.78, 5) is 39.9. The van der Waals surface area contributed by atoms with Crippen LogP contribution < -0.4 is 17.0 Å². The zero-order valence-corrected chi connectivity index (χ0v) is 25.2. The number of carbonyl (C=O) groups excluding carboxylic acids is 3. The number of ketones is 1. The Balaban J connectivity index is 0.00000368. The summed E-state index contributed by atoms with van der Waals surface area (Å²) >= 11 is 1.71. The van der Waals surface area contributed by atoms with E-state index in [4.69, 9.17) is 4.74 Å². The summed E-state index contributed by atoms with van der Waals surface area (Å²) < 4.78 is 24.0. The normalized spacial score (nSPS) is 13.8. The molecule has 0 saturated carbocycles. The van der Waals surface area contributed by atoms with Gasteiger partial charge in [-0.3, -0.25) is 14.2 Å². The first-order chi connectivity index (χ1) is 20.2. The molecule has 4 heterocycles. The third kappa shape index (κ3) is 5.68. The Labute approximate surface area is 258 Å². The summed E-state index contributed by atoms with van der Waals surface area (Å²) in [6.45, 7) is 1.50. The van der Waals surface area contributed by atoms with Crippen LogP contribution in [0.5, 0.6) is 0 Å². The minimum atomic E-state index is -0.348. The largest absolute Gasteiger partial charge is 1.00 e. The Kier molecular flexibility index (Phi) is 8.43. The topological polar surface area (TPSA) is 77.4 Å². The second-order valence-corrected chi connectivity index (χ2v) is 11.4. The first-order valence-electron chi connectivity index (χ1n) is 13.3. The lowest BCUT2D eigenvalue weighted by Crippen LogP contribution is -3.00. The maximum Gasteiger partial charge on any atom is 0.328 e. The fourth-order valence-corrected chi connectivity index (χ4v) is 6.55. The molecule has 0 unspecified atom stereocenters. The highest BCUT2D eigenvalue weighted by Gasteiger charge is 2.31. The summed E-state index contributed by atoms with van der Waals surface area (Å²) in [7, 11) is 3.33. The number of amides is 1. The maximum atomic E-state index is 14.1. The van der Waals surface area contributed by atoms with Crippen molar-refractivity contribution in [3.05, 3.63) is 114 Å². The summed E-state index contributed by atoms with van der Waals surface area (Å²) in [6, 6.07) is 17.2. The van der Waals surface area contributed by atoms with Gasteiger partial charge >= 0.3 is 12.0 Å². The third-order valence-corrected chi connectivity index (χ3v) is 8.55. The van der Waals surface area contributed by atoms with E-state index in [1.807, 2.05) is 59.6 Å². The van der Waals surface area contributed by atoms with E-state index < -0.39 is 0 Å². The molecule has 8 nitrogen and oxygen atoms in total. The van der Waals surface area contributed by atoms with Gasteiger partial charge in [0.25, 0.3) is 6.73 Å². The van der Waals surface area contributed by atoms with E-state index in [0.29, 0.717) is 27.8 Å². The molecule has 1 atom stereocenters. The summed E-state index contributed by atoms with van der Waals surface area (Å²) in [5, 5.41) is 0.624. The molecule has 0 saturated heterocycles. The quantitative estimate of drug-likeness (QED) is 0.166. The molecule has 220 valence electrons. The lowest BCUT2D eigenvalue weighted by molar-refractivity contribution is -0.727. The number of thioether (sulfide) groups is 1. The van der Waals surface area contributed by atoms with E-state index in [1.54, 1.807) is 44.2 Å². The third-order valence-electron chi connectivity index (χ3n) is 7.30. The molecule has 0 bridgehead atoms. The number of aromatic nitrogens is 3. The second kappa shape index (κ2) is 12.1. The molecule has 0 radical (unpaired) electrons. The van der Waals surface area contributed by atoms with Crippen molar-refractivity contribution < 1.29 is 40.5 Å². The number of rotatable bonds is 6. The molecular weight excluding hydrogens is 591 g/mol. The van der Waals surface area contributed by atoms with Gasteiger partial charge < -0.3 is 26.6 Å². The van der Waals surface area contributed by atoms with E-state index in [-0.39, 0.29) is 48.1 Å². The van der Waals surface area contributed by atoms with Crippen LogP contribution in [0.2, 0.25) is 0 Å². The van der Waals surface area contributed by atoms with Gasteiger partial charge in [0.1, 0.15) is 11.2 Å². The smallest absolute Gasteiger partial charge is 0.328 e. The SMILES string of the molecule is CC(=O)OC[n+]1cccc([C@H]2SCc3c(C(=O)c4cn(C(=O)N(C)C)c5cc(-c6ccc(F)cc6)ccc45)ccn32)c1.[Cl-]. The Hall–Kier alpha value is -4.41. The van der Waals surface area contributed by atoms with Gasteiger partial charge in [-0.2, -0.15) is 4.57 Å². The van der Waals surface area contributed by atoms with Crippen molar-refractivity contribution in [3.8, 4) is 11.1 Å². The lowest BCUT2D eigenvalue weighted by atomic mass is 10.00. The van der Waals surface area contributed by atoms with Crippen LogP contribution in [-0.2, 0) is 22.0 Å². The Morgan fingerprint density at radius 1 is 1.05 bits per heavy atom. The molecule has 0 N–H and O–H groups in total. The Bertz CT molecular complexity index is 1870. The zero-order valence-electron chi connectivity index (χ0n) is 23.7. The van der Waals surface area contributed by atoms with Crippen molar-refractivity contribution in [1.82, 2.24) is 14.0 Å². The molecule has 11 heteroatoms. The fraction of sp³-hybridized carbons (Fsp3) is 0.188. The first kappa shape index (κ1) is 30.1. The van der Waals surface area contributed by atoms with Gasteiger partial charge in [0.15, 0.2) is 18.2 Å². The highest BCUT2D eigenvalue weighted by Crippen LogP contribution is 2.42. The maximum absolute atomic E-state index is 14.1. The summed E-state index contributed by atoms with van der Waals surface area (Å²) in [6.07, 6.45) is 7.32. The van der Waals surface area contributed by atoms with Crippen LogP contribution >= 0.6 is 11.8 Å². The number of fused-ring (bicyclic) bond motifs is 2. The fourth-order valence-electron chi connectivity index (χ4n) is 5.24. The van der Waals surface area contributed by atoms with Gasteiger partial charge in [0.05, 0.1) is 5.52 Å². The zero-order chi connectivity index (χ0) is 29.5. The van der Waals surface area contributed by atoms with Gasteiger partial charge in [-0.25, -0.2) is 9.18 Å². The van der Waals surface area contributed by atoms with Crippen molar-refractivity contribution in [2.24, 2.45) is 0 Å². The molecule has 1 aliphatic heterocycles. The van der Waals surface area contributed by atoms with Crippen LogP contribution in [0.15, 0.2) is 85.5 Å². The van der Waals surface area contributed by atoms with Crippen molar-refractivity contribution in [2.75, 3.05) is 14.1 Å². The van der Waals surface area contributed by atoms with Crippen LogP contribution in [0.1, 0.15) is 39.5 Å². The van der Waals surface area contributed by atoms with Gasteiger partial charge in [-0.1, -0.05) is 24.3 Å². The summed E-state index contributed by atoms with van der Waals surface area (Å²) in [5.41, 5.74) is 5.17. The van der Waals surface area contributed by atoms with E-state index in [0.717, 1.165) is 22.4 Å². The number of benzene rings is 2. The molecule has 2 aromatic carbocycles. The molecule has 0 spiro atoms. The predicted molar refractivity (Wildman–Crippen MR) is 158 cm³/mol. The molecule has 5 aromatic rings. The van der Waals surface area contributed by atoms with Crippen molar-refractivity contribution >= 4 is 40.4 Å². The van der Waals surface area contributed by atoms with Crippen LogP contribution in [0, 0.1) is 5.82 Å². The molecule has 43 heavy (non-hydrogen) atoms. The number of carbonyl (C=O) groups is 3. The van der Waals surface area contributed by atoms with Crippen LogP contribution in [-0.4, -0.2) is 45.9 Å². The van der Waals surface area contributed by atoms with E-state index >= 15 is 0 Å². The molecule has 1 amide bonds. The van der Waals surface area contributed by atoms with Crippen LogP contribution in [0.3, 0.4) is 0 Å².